The standard InChI is InChI=1S/C15H25NO4/c1-15(2,3)7-6-11(14(18)19)16-13(17)10-8-9-4-5-12(10)20-9/h9-12H,4-8H2,1-3H3,(H,16,17)(H,18,19). The van der Waals surface area contributed by atoms with Gasteiger partial charge in [-0.2, -0.15) is 0 Å². The van der Waals surface area contributed by atoms with E-state index in [1.54, 1.807) is 0 Å². The monoisotopic (exact) mass is 283 g/mol. The van der Waals surface area contributed by atoms with Crippen molar-refractivity contribution in [3.05, 3.63) is 0 Å². The molecule has 2 aliphatic rings. The first-order valence-corrected chi connectivity index (χ1v) is 7.45. The molecule has 1 amide bonds. The lowest BCUT2D eigenvalue weighted by Crippen LogP contribution is -2.46. The third-order valence-electron chi connectivity index (χ3n) is 4.24. The fraction of sp³-hybridized carbons (Fsp3) is 0.867. The maximum absolute atomic E-state index is 12.2. The largest absolute Gasteiger partial charge is 0.480 e. The van der Waals surface area contributed by atoms with E-state index in [2.05, 4.69) is 26.1 Å². The lowest BCUT2D eigenvalue weighted by Gasteiger charge is -2.24. The maximum Gasteiger partial charge on any atom is 0.326 e. The van der Waals surface area contributed by atoms with Gasteiger partial charge in [0.2, 0.25) is 5.91 Å². The maximum atomic E-state index is 12.2. The number of carbonyl (C=O) groups is 2. The molecule has 5 heteroatoms. The molecule has 0 aliphatic carbocycles. The van der Waals surface area contributed by atoms with E-state index in [9.17, 15) is 14.7 Å². The molecular weight excluding hydrogens is 258 g/mol. The van der Waals surface area contributed by atoms with Gasteiger partial charge in [0.05, 0.1) is 18.1 Å². The smallest absolute Gasteiger partial charge is 0.326 e. The quantitative estimate of drug-likeness (QED) is 0.808. The Hall–Kier alpha value is -1.10. The van der Waals surface area contributed by atoms with Gasteiger partial charge in [-0.1, -0.05) is 20.8 Å². The van der Waals surface area contributed by atoms with Crippen LogP contribution >= 0.6 is 0 Å². The van der Waals surface area contributed by atoms with E-state index >= 15 is 0 Å². The number of hydrogen-bond donors (Lipinski definition) is 2. The second-order valence-corrected chi connectivity index (χ2v) is 7.21. The first kappa shape index (κ1) is 15.3. The van der Waals surface area contributed by atoms with Gasteiger partial charge in [-0.3, -0.25) is 4.79 Å². The number of nitrogens with one attached hydrogen (secondary N) is 1. The molecule has 0 radical (unpaired) electrons. The molecule has 5 nitrogen and oxygen atoms in total. The van der Waals surface area contributed by atoms with E-state index in [0.717, 1.165) is 25.7 Å². The highest BCUT2D eigenvalue weighted by Gasteiger charge is 2.45. The van der Waals surface area contributed by atoms with Crippen LogP contribution in [0.1, 0.15) is 52.9 Å². The first-order chi connectivity index (χ1) is 9.26. The van der Waals surface area contributed by atoms with Crippen molar-refractivity contribution >= 4 is 11.9 Å². The van der Waals surface area contributed by atoms with Gasteiger partial charge in [-0.15, -0.1) is 0 Å². The van der Waals surface area contributed by atoms with E-state index in [-0.39, 0.29) is 29.4 Å². The number of hydrogen-bond acceptors (Lipinski definition) is 3. The summed E-state index contributed by atoms with van der Waals surface area (Å²) in [6.45, 7) is 6.20. The molecule has 0 aromatic carbocycles. The fourth-order valence-electron chi connectivity index (χ4n) is 3.03. The van der Waals surface area contributed by atoms with Crippen LogP contribution in [0.4, 0.5) is 0 Å². The summed E-state index contributed by atoms with van der Waals surface area (Å²) in [7, 11) is 0. The van der Waals surface area contributed by atoms with Gasteiger partial charge in [0.15, 0.2) is 0 Å². The highest BCUT2D eigenvalue weighted by molar-refractivity contribution is 5.85. The van der Waals surface area contributed by atoms with Crippen molar-refractivity contribution in [3.8, 4) is 0 Å². The molecule has 0 aromatic rings. The minimum absolute atomic E-state index is 0.00272. The van der Waals surface area contributed by atoms with Gasteiger partial charge in [0, 0.05) is 0 Å². The highest BCUT2D eigenvalue weighted by Crippen LogP contribution is 2.38. The second kappa shape index (κ2) is 5.72. The number of carboxylic acid groups (broad SMARTS) is 1. The van der Waals surface area contributed by atoms with Gasteiger partial charge < -0.3 is 15.2 Å². The molecule has 0 aromatic heterocycles. The summed E-state index contributed by atoms with van der Waals surface area (Å²) >= 11 is 0. The molecule has 20 heavy (non-hydrogen) atoms. The molecule has 2 bridgehead atoms. The summed E-state index contributed by atoms with van der Waals surface area (Å²) in [6.07, 6.45) is 4.11. The minimum atomic E-state index is -0.952. The third kappa shape index (κ3) is 3.72. The molecule has 2 rings (SSSR count). The predicted octanol–water partition coefficient (Wildman–Crippen LogP) is 1.95. The summed E-state index contributed by atoms with van der Waals surface area (Å²) < 4.78 is 5.65. The number of carboxylic acids is 1. The molecule has 2 N–H and O–H groups in total. The van der Waals surface area contributed by atoms with Crippen molar-refractivity contribution in [1.82, 2.24) is 5.32 Å². The lowest BCUT2D eigenvalue weighted by molar-refractivity contribution is -0.143. The SMILES string of the molecule is CC(C)(C)CCC(NC(=O)C1CC2CCC1O2)C(=O)O. The Bertz CT molecular complexity index is 388. The van der Waals surface area contributed by atoms with E-state index in [1.165, 1.54) is 0 Å². The minimum Gasteiger partial charge on any atom is -0.480 e. The van der Waals surface area contributed by atoms with E-state index in [4.69, 9.17) is 4.74 Å². The molecule has 114 valence electrons. The zero-order valence-corrected chi connectivity index (χ0v) is 12.5. The van der Waals surface area contributed by atoms with Crippen LogP contribution in [0.5, 0.6) is 0 Å². The van der Waals surface area contributed by atoms with Gasteiger partial charge in [0.25, 0.3) is 0 Å². The normalized spacial score (nSPS) is 30.2. The number of rotatable bonds is 5. The van der Waals surface area contributed by atoms with E-state index in [0.29, 0.717) is 6.42 Å². The molecule has 2 aliphatic heterocycles. The Kier molecular flexibility index (Phi) is 4.37. The Morgan fingerprint density at radius 2 is 2.05 bits per heavy atom. The number of fused-ring (bicyclic) bond motifs is 2. The van der Waals surface area contributed by atoms with Crippen LogP contribution in [0.15, 0.2) is 0 Å². The zero-order valence-electron chi connectivity index (χ0n) is 12.5. The summed E-state index contributed by atoms with van der Waals surface area (Å²) in [5.74, 6) is -1.27. The van der Waals surface area contributed by atoms with Crippen LogP contribution in [0, 0.1) is 11.3 Å². The van der Waals surface area contributed by atoms with Gasteiger partial charge in [-0.05, 0) is 37.5 Å². The van der Waals surface area contributed by atoms with Crippen LogP contribution in [-0.4, -0.2) is 35.2 Å². The molecule has 2 saturated heterocycles. The van der Waals surface area contributed by atoms with Crippen LogP contribution < -0.4 is 5.32 Å². The summed E-state index contributed by atoms with van der Waals surface area (Å²) in [6, 6.07) is -0.791. The Morgan fingerprint density at radius 1 is 1.35 bits per heavy atom. The molecular formula is C15H25NO4. The van der Waals surface area contributed by atoms with Crippen LogP contribution in [0.2, 0.25) is 0 Å². The highest BCUT2D eigenvalue weighted by atomic mass is 16.5. The van der Waals surface area contributed by atoms with E-state index in [1.807, 2.05) is 0 Å². The van der Waals surface area contributed by atoms with Gasteiger partial charge in [-0.25, -0.2) is 4.79 Å². The van der Waals surface area contributed by atoms with Crippen molar-refractivity contribution < 1.29 is 19.4 Å². The molecule has 2 fully saturated rings. The zero-order chi connectivity index (χ0) is 14.9. The molecule has 4 atom stereocenters. The second-order valence-electron chi connectivity index (χ2n) is 7.21. The van der Waals surface area contributed by atoms with Gasteiger partial charge in [0.1, 0.15) is 6.04 Å². The van der Waals surface area contributed by atoms with Crippen molar-refractivity contribution in [1.29, 1.82) is 0 Å². The predicted molar refractivity (Wildman–Crippen MR) is 74.3 cm³/mol. The number of aliphatic carboxylic acids is 1. The van der Waals surface area contributed by atoms with Crippen molar-refractivity contribution in [3.63, 3.8) is 0 Å². The molecule has 0 saturated carbocycles. The average molecular weight is 283 g/mol. The third-order valence-corrected chi connectivity index (χ3v) is 4.24. The Morgan fingerprint density at radius 3 is 2.50 bits per heavy atom. The number of amides is 1. The van der Waals surface area contributed by atoms with Crippen LogP contribution in [-0.2, 0) is 14.3 Å². The van der Waals surface area contributed by atoms with Crippen molar-refractivity contribution in [2.45, 2.75) is 71.1 Å². The lowest BCUT2D eigenvalue weighted by atomic mass is 9.87. The summed E-state index contributed by atoms with van der Waals surface area (Å²) in [4.78, 5) is 23.5. The molecule has 0 spiro atoms. The molecule has 4 unspecified atom stereocenters. The summed E-state index contributed by atoms with van der Waals surface area (Å²) in [5.41, 5.74) is 0.0635. The first-order valence-electron chi connectivity index (χ1n) is 7.45. The van der Waals surface area contributed by atoms with Crippen molar-refractivity contribution in [2.75, 3.05) is 0 Å². The Labute approximate surface area is 120 Å². The van der Waals surface area contributed by atoms with Crippen LogP contribution in [0.3, 0.4) is 0 Å². The number of carbonyl (C=O) groups excluding carboxylic acids is 1. The van der Waals surface area contributed by atoms with Crippen LogP contribution in [0.25, 0.3) is 0 Å². The summed E-state index contributed by atoms with van der Waals surface area (Å²) in [5, 5.41) is 11.9. The average Bonchev–Trinajstić information content (AvgIpc) is 2.94. The van der Waals surface area contributed by atoms with Gasteiger partial charge >= 0.3 is 5.97 Å². The van der Waals surface area contributed by atoms with Crippen molar-refractivity contribution in [2.24, 2.45) is 11.3 Å². The Balaban J connectivity index is 1.88. The number of ether oxygens (including phenoxy) is 1. The van der Waals surface area contributed by atoms with E-state index < -0.39 is 12.0 Å². The molecule has 2 heterocycles. The topological polar surface area (TPSA) is 75.6 Å². The fourth-order valence-corrected chi connectivity index (χ4v) is 3.03.